The predicted octanol–water partition coefficient (Wildman–Crippen LogP) is 7.10. The van der Waals surface area contributed by atoms with Crippen molar-refractivity contribution >= 4 is 13.1 Å². The standard InChI is InChI=1S/C26H38NO4P/c1-6-10-21-24(32(28,31-9-4)26(5,29-7-2)30-8-3)27-25(22-17-13-11-14-18-22)23-19-15-12-16-20-23/h11-20,24H,6-10,21H2,1-5H3/t24-,32?/m1/s1. The Balaban J connectivity index is 2.71. The summed E-state index contributed by atoms with van der Waals surface area (Å²) in [6.07, 6.45) is 2.45. The zero-order valence-electron chi connectivity index (χ0n) is 20.1. The lowest BCUT2D eigenvalue weighted by Gasteiger charge is -2.39. The van der Waals surface area contributed by atoms with Crippen molar-refractivity contribution in [3.05, 3.63) is 71.8 Å². The van der Waals surface area contributed by atoms with Crippen molar-refractivity contribution in [3.8, 4) is 0 Å². The quantitative estimate of drug-likeness (QED) is 0.172. The van der Waals surface area contributed by atoms with Gasteiger partial charge in [-0.15, -0.1) is 0 Å². The third-order valence-corrected chi connectivity index (χ3v) is 8.48. The van der Waals surface area contributed by atoms with Crippen LogP contribution in [0.2, 0.25) is 0 Å². The van der Waals surface area contributed by atoms with Crippen LogP contribution in [0.1, 0.15) is 65.0 Å². The summed E-state index contributed by atoms with van der Waals surface area (Å²) in [5, 5.41) is 0. The van der Waals surface area contributed by atoms with Gasteiger partial charge in [-0.05, 0) is 34.1 Å². The van der Waals surface area contributed by atoms with Gasteiger partial charge in [-0.1, -0.05) is 80.4 Å². The van der Waals surface area contributed by atoms with Gasteiger partial charge in [0.25, 0.3) is 7.37 Å². The third-order valence-electron chi connectivity index (χ3n) is 5.29. The molecule has 0 bridgehead atoms. The normalized spacial score (nSPS) is 14.5. The van der Waals surface area contributed by atoms with E-state index in [1.54, 1.807) is 6.92 Å². The molecule has 6 heteroatoms. The molecule has 0 aliphatic carbocycles. The molecule has 5 nitrogen and oxygen atoms in total. The first-order chi connectivity index (χ1) is 15.5. The minimum absolute atomic E-state index is 0.289. The van der Waals surface area contributed by atoms with Crippen molar-refractivity contribution in [1.29, 1.82) is 0 Å². The first kappa shape index (κ1) is 26.5. The Labute approximate surface area is 193 Å². The van der Waals surface area contributed by atoms with Crippen LogP contribution in [-0.2, 0) is 18.6 Å². The van der Waals surface area contributed by atoms with Crippen LogP contribution in [0.4, 0.5) is 0 Å². The molecule has 2 atom stereocenters. The first-order valence-corrected chi connectivity index (χ1v) is 13.4. The molecule has 0 aromatic heterocycles. The van der Waals surface area contributed by atoms with Crippen molar-refractivity contribution in [3.63, 3.8) is 0 Å². The number of unbranched alkanes of at least 4 members (excludes halogenated alkanes) is 1. The van der Waals surface area contributed by atoms with E-state index in [0.29, 0.717) is 19.6 Å². The van der Waals surface area contributed by atoms with E-state index in [9.17, 15) is 4.57 Å². The van der Waals surface area contributed by atoms with Crippen molar-refractivity contribution < 1.29 is 18.6 Å². The van der Waals surface area contributed by atoms with Gasteiger partial charge in [0.05, 0.1) is 12.3 Å². The molecule has 32 heavy (non-hydrogen) atoms. The highest BCUT2D eigenvalue weighted by Crippen LogP contribution is 2.65. The Morgan fingerprint density at radius 2 is 1.38 bits per heavy atom. The number of hydrogen-bond donors (Lipinski definition) is 0. The summed E-state index contributed by atoms with van der Waals surface area (Å²) in [7, 11) is -3.54. The van der Waals surface area contributed by atoms with E-state index < -0.39 is 18.7 Å². The summed E-state index contributed by atoms with van der Waals surface area (Å²) in [4.78, 5) is 5.14. The maximum absolute atomic E-state index is 14.6. The van der Waals surface area contributed by atoms with Gasteiger partial charge in [-0.2, -0.15) is 0 Å². The lowest BCUT2D eigenvalue weighted by atomic mass is 10.0. The Kier molecular flexibility index (Phi) is 10.8. The summed E-state index contributed by atoms with van der Waals surface area (Å²) < 4.78 is 32.6. The van der Waals surface area contributed by atoms with Gasteiger partial charge in [-0.3, -0.25) is 9.56 Å². The van der Waals surface area contributed by atoms with Crippen LogP contribution < -0.4 is 0 Å². The van der Waals surface area contributed by atoms with Crippen LogP contribution in [-0.4, -0.2) is 36.8 Å². The number of benzene rings is 2. The highest BCUT2D eigenvalue weighted by Gasteiger charge is 2.53. The lowest BCUT2D eigenvalue weighted by molar-refractivity contribution is -0.168. The first-order valence-electron chi connectivity index (χ1n) is 11.7. The molecule has 0 aliphatic rings. The maximum Gasteiger partial charge on any atom is 0.284 e. The molecule has 0 heterocycles. The lowest BCUT2D eigenvalue weighted by Crippen LogP contribution is -2.37. The van der Waals surface area contributed by atoms with Crippen molar-refractivity contribution in [1.82, 2.24) is 0 Å². The minimum Gasteiger partial charge on any atom is -0.342 e. The number of nitrogens with zero attached hydrogens (tertiary/aromatic N) is 1. The summed E-state index contributed by atoms with van der Waals surface area (Å²) in [5.41, 5.74) is 1.37. The molecule has 0 saturated carbocycles. The van der Waals surface area contributed by atoms with Gasteiger partial charge < -0.3 is 14.0 Å². The van der Waals surface area contributed by atoms with Crippen LogP contribution in [0.15, 0.2) is 65.7 Å². The van der Waals surface area contributed by atoms with Gasteiger partial charge in [-0.25, -0.2) is 0 Å². The second kappa shape index (κ2) is 13.1. The molecular formula is C26H38NO4P. The maximum atomic E-state index is 14.6. The molecule has 2 aromatic carbocycles. The molecular weight excluding hydrogens is 421 g/mol. The average Bonchev–Trinajstić information content (AvgIpc) is 2.80. The number of ether oxygens (including phenoxy) is 2. The van der Waals surface area contributed by atoms with Crippen LogP contribution >= 0.6 is 7.37 Å². The minimum atomic E-state index is -3.54. The summed E-state index contributed by atoms with van der Waals surface area (Å²) in [5.74, 6) is -0.596. The van der Waals surface area contributed by atoms with Gasteiger partial charge in [0.15, 0.2) is 0 Å². The number of aliphatic imine (C=N–C) groups is 1. The van der Waals surface area contributed by atoms with E-state index in [0.717, 1.165) is 29.7 Å². The Hall–Kier alpha value is -1.78. The Bertz CT molecular complexity index is 822. The zero-order chi connectivity index (χ0) is 23.5. The van der Waals surface area contributed by atoms with E-state index in [2.05, 4.69) is 6.92 Å². The highest BCUT2D eigenvalue weighted by atomic mass is 31.2. The fourth-order valence-corrected chi connectivity index (χ4v) is 6.52. The summed E-state index contributed by atoms with van der Waals surface area (Å²) >= 11 is 0. The molecule has 0 saturated heterocycles. The van der Waals surface area contributed by atoms with Crippen LogP contribution in [0.5, 0.6) is 0 Å². The van der Waals surface area contributed by atoms with Crippen LogP contribution in [0.25, 0.3) is 0 Å². The second-order valence-electron chi connectivity index (χ2n) is 7.61. The molecule has 0 amide bonds. The fourth-order valence-electron chi connectivity index (χ4n) is 3.78. The fraction of sp³-hybridized carbons (Fsp3) is 0.500. The molecule has 1 unspecified atom stereocenters. The van der Waals surface area contributed by atoms with E-state index in [1.807, 2.05) is 81.4 Å². The molecule has 0 fully saturated rings. The van der Waals surface area contributed by atoms with E-state index in [4.69, 9.17) is 19.0 Å². The summed E-state index contributed by atoms with van der Waals surface area (Å²) in [6, 6.07) is 20.0. The van der Waals surface area contributed by atoms with Gasteiger partial charge in [0, 0.05) is 24.3 Å². The molecule has 0 N–H and O–H groups in total. The Morgan fingerprint density at radius 3 is 1.78 bits per heavy atom. The molecule has 2 rings (SSSR count). The van der Waals surface area contributed by atoms with Crippen LogP contribution in [0.3, 0.4) is 0 Å². The van der Waals surface area contributed by atoms with Crippen molar-refractivity contribution in [2.24, 2.45) is 4.99 Å². The van der Waals surface area contributed by atoms with Crippen LogP contribution in [0, 0.1) is 0 Å². The topological polar surface area (TPSA) is 57.1 Å². The zero-order valence-corrected chi connectivity index (χ0v) is 21.0. The molecule has 0 spiro atoms. The summed E-state index contributed by atoms with van der Waals surface area (Å²) in [6.45, 7) is 10.5. The number of rotatable bonds is 14. The second-order valence-corrected chi connectivity index (χ2v) is 10.5. The number of hydrogen-bond acceptors (Lipinski definition) is 5. The molecule has 176 valence electrons. The SMILES string of the molecule is CCCC[C@H](N=C(c1ccccc1)c1ccccc1)P(=O)(OCC)C(C)(OCC)OCC. The smallest absolute Gasteiger partial charge is 0.284 e. The molecule has 0 aliphatic heterocycles. The monoisotopic (exact) mass is 459 g/mol. The Morgan fingerprint density at radius 1 is 0.875 bits per heavy atom. The molecule has 2 aromatic rings. The highest BCUT2D eigenvalue weighted by molar-refractivity contribution is 7.61. The third kappa shape index (κ3) is 6.39. The van der Waals surface area contributed by atoms with E-state index in [-0.39, 0.29) is 6.61 Å². The predicted molar refractivity (Wildman–Crippen MR) is 133 cm³/mol. The van der Waals surface area contributed by atoms with Gasteiger partial charge in [0.1, 0.15) is 5.78 Å². The van der Waals surface area contributed by atoms with Gasteiger partial charge >= 0.3 is 0 Å². The largest absolute Gasteiger partial charge is 0.342 e. The van der Waals surface area contributed by atoms with E-state index >= 15 is 0 Å². The average molecular weight is 460 g/mol. The van der Waals surface area contributed by atoms with Crippen molar-refractivity contribution in [2.45, 2.75) is 65.2 Å². The van der Waals surface area contributed by atoms with Crippen molar-refractivity contribution in [2.75, 3.05) is 19.8 Å². The van der Waals surface area contributed by atoms with E-state index in [1.165, 1.54) is 0 Å². The van der Waals surface area contributed by atoms with Gasteiger partial charge in [0.2, 0.25) is 5.53 Å². The molecule has 0 radical (unpaired) electrons.